The molecule has 0 N–H and O–H groups in total. The molecular weight excluding hydrogens is 372 g/mol. The van der Waals surface area contributed by atoms with Gasteiger partial charge in [-0.2, -0.15) is 0 Å². The van der Waals surface area contributed by atoms with Crippen LogP contribution in [-0.2, 0) is 11.2 Å². The molecule has 2 rings (SSSR count). The minimum Gasteiger partial charge on any atom is -0.426 e. The van der Waals surface area contributed by atoms with Crippen molar-refractivity contribution in [1.29, 1.82) is 0 Å². The molecule has 0 aliphatic carbocycles. The quantitative estimate of drug-likeness (QED) is 0.175. The summed E-state index contributed by atoms with van der Waals surface area (Å²) in [4.78, 5) is 21.1. The maximum absolute atomic E-state index is 12.4. The zero-order chi connectivity index (χ0) is 21.4. The van der Waals surface area contributed by atoms with Gasteiger partial charge in [0.1, 0.15) is 12.1 Å². The van der Waals surface area contributed by atoms with Crippen LogP contribution in [-0.4, -0.2) is 15.9 Å². The molecule has 4 nitrogen and oxygen atoms in total. The molecule has 0 aliphatic rings. The van der Waals surface area contributed by atoms with Gasteiger partial charge in [0.15, 0.2) is 0 Å². The number of benzene rings is 1. The number of unbranched alkanes of at least 4 members (excludes halogenated alkanes) is 9. The molecule has 0 fully saturated rings. The number of hydrogen-bond donors (Lipinski definition) is 0. The van der Waals surface area contributed by atoms with E-state index in [0.29, 0.717) is 12.2 Å². The van der Waals surface area contributed by atoms with E-state index in [0.717, 1.165) is 42.5 Å². The number of rotatable bonds is 15. The molecule has 0 spiro atoms. The second-order valence-corrected chi connectivity index (χ2v) is 8.05. The number of ether oxygens (including phenoxy) is 1. The number of nitrogens with zero attached hydrogens (tertiary/aromatic N) is 2. The van der Waals surface area contributed by atoms with Gasteiger partial charge in [-0.1, -0.05) is 83.8 Å². The number of carbonyl (C=O) groups excluding carboxylic acids is 1. The first kappa shape index (κ1) is 24.0. The number of aromatic nitrogens is 2. The SMILES string of the molecule is CCCCCCCCc1cncnc1-c1ccccc1OC(=O)CCCCCCC. The normalized spacial score (nSPS) is 10.9. The fourth-order valence-corrected chi connectivity index (χ4v) is 3.68. The van der Waals surface area contributed by atoms with Crippen molar-refractivity contribution in [3.05, 3.63) is 42.4 Å². The van der Waals surface area contributed by atoms with Gasteiger partial charge in [0.05, 0.1) is 5.69 Å². The Morgan fingerprint density at radius 3 is 2.30 bits per heavy atom. The van der Waals surface area contributed by atoms with Crippen LogP contribution in [0.1, 0.15) is 96.5 Å². The highest BCUT2D eigenvalue weighted by molar-refractivity contribution is 5.77. The molecule has 4 heteroatoms. The third-order valence-electron chi connectivity index (χ3n) is 5.44. The monoisotopic (exact) mass is 410 g/mol. The van der Waals surface area contributed by atoms with Crippen LogP contribution < -0.4 is 4.74 Å². The lowest BCUT2D eigenvalue weighted by Crippen LogP contribution is -2.09. The fraction of sp³-hybridized carbons (Fsp3) is 0.577. The second kappa shape index (κ2) is 14.7. The Kier molecular flexibility index (Phi) is 11.8. The van der Waals surface area contributed by atoms with Crippen molar-refractivity contribution < 1.29 is 9.53 Å². The first-order valence-corrected chi connectivity index (χ1v) is 11.8. The third-order valence-corrected chi connectivity index (χ3v) is 5.44. The summed E-state index contributed by atoms with van der Waals surface area (Å²) in [6.45, 7) is 4.43. The highest BCUT2D eigenvalue weighted by atomic mass is 16.5. The van der Waals surface area contributed by atoms with Gasteiger partial charge in [0, 0.05) is 18.2 Å². The molecule has 0 bridgehead atoms. The molecule has 0 unspecified atom stereocenters. The molecule has 1 heterocycles. The van der Waals surface area contributed by atoms with Gasteiger partial charge in [-0.25, -0.2) is 9.97 Å². The Labute approximate surface area is 182 Å². The van der Waals surface area contributed by atoms with Gasteiger partial charge in [-0.05, 0) is 37.0 Å². The molecule has 0 amide bonds. The number of esters is 1. The highest BCUT2D eigenvalue weighted by Gasteiger charge is 2.14. The minimum absolute atomic E-state index is 0.162. The van der Waals surface area contributed by atoms with Crippen molar-refractivity contribution in [3.63, 3.8) is 0 Å². The Bertz CT molecular complexity index is 745. The van der Waals surface area contributed by atoms with Gasteiger partial charge in [0.25, 0.3) is 0 Å². The van der Waals surface area contributed by atoms with Crippen molar-refractivity contribution in [2.75, 3.05) is 0 Å². The predicted molar refractivity (Wildman–Crippen MR) is 124 cm³/mol. The van der Waals surface area contributed by atoms with Crippen molar-refractivity contribution >= 4 is 5.97 Å². The smallest absolute Gasteiger partial charge is 0.311 e. The van der Waals surface area contributed by atoms with Crippen LogP contribution in [0.15, 0.2) is 36.8 Å². The maximum atomic E-state index is 12.4. The van der Waals surface area contributed by atoms with E-state index in [4.69, 9.17) is 4.74 Å². The highest BCUT2D eigenvalue weighted by Crippen LogP contribution is 2.31. The molecule has 0 radical (unpaired) electrons. The summed E-state index contributed by atoms with van der Waals surface area (Å²) in [5.74, 6) is 0.435. The molecule has 0 atom stereocenters. The summed E-state index contributed by atoms with van der Waals surface area (Å²) in [6, 6.07) is 7.72. The lowest BCUT2D eigenvalue weighted by atomic mass is 10.0. The third kappa shape index (κ3) is 8.64. The van der Waals surface area contributed by atoms with Gasteiger partial charge in [-0.15, -0.1) is 0 Å². The fourth-order valence-electron chi connectivity index (χ4n) is 3.68. The Hall–Kier alpha value is -2.23. The van der Waals surface area contributed by atoms with Gasteiger partial charge in [-0.3, -0.25) is 4.79 Å². The first-order chi connectivity index (χ1) is 14.8. The van der Waals surface area contributed by atoms with Gasteiger partial charge in [0.2, 0.25) is 0 Å². The molecule has 2 aromatic rings. The average molecular weight is 411 g/mol. The van der Waals surface area contributed by atoms with Gasteiger partial charge >= 0.3 is 5.97 Å². The predicted octanol–water partition coefficient (Wildman–Crippen LogP) is 7.31. The van der Waals surface area contributed by atoms with Crippen molar-refractivity contribution in [2.24, 2.45) is 0 Å². The van der Waals surface area contributed by atoms with Crippen molar-refractivity contribution in [1.82, 2.24) is 9.97 Å². The molecule has 0 aliphatic heterocycles. The zero-order valence-electron chi connectivity index (χ0n) is 18.9. The summed E-state index contributed by atoms with van der Waals surface area (Å²) in [6.07, 6.45) is 18.0. The van der Waals surface area contributed by atoms with Crippen molar-refractivity contribution in [3.8, 4) is 17.0 Å². The summed E-state index contributed by atoms with van der Waals surface area (Å²) < 4.78 is 5.73. The Morgan fingerprint density at radius 1 is 0.867 bits per heavy atom. The van der Waals surface area contributed by atoms with E-state index in [1.165, 1.54) is 51.4 Å². The molecule has 0 saturated heterocycles. The van der Waals surface area contributed by atoms with Gasteiger partial charge < -0.3 is 4.74 Å². The number of hydrogen-bond acceptors (Lipinski definition) is 4. The van der Waals surface area contributed by atoms with E-state index in [1.54, 1.807) is 6.33 Å². The number of para-hydroxylation sites is 1. The zero-order valence-corrected chi connectivity index (χ0v) is 18.9. The molecular formula is C26H38N2O2. The molecule has 30 heavy (non-hydrogen) atoms. The number of aryl methyl sites for hydroxylation is 1. The van der Waals surface area contributed by atoms with Crippen LogP contribution in [0.3, 0.4) is 0 Å². The van der Waals surface area contributed by atoms with E-state index < -0.39 is 0 Å². The van der Waals surface area contributed by atoms with Crippen LogP contribution >= 0.6 is 0 Å². The number of carbonyl (C=O) groups is 1. The first-order valence-electron chi connectivity index (χ1n) is 11.8. The Morgan fingerprint density at radius 2 is 1.53 bits per heavy atom. The molecule has 1 aromatic carbocycles. The summed E-state index contributed by atoms with van der Waals surface area (Å²) in [5, 5.41) is 0. The largest absolute Gasteiger partial charge is 0.426 e. The topological polar surface area (TPSA) is 52.1 Å². The minimum atomic E-state index is -0.162. The van der Waals surface area contributed by atoms with Crippen LogP contribution in [0.25, 0.3) is 11.3 Å². The summed E-state index contributed by atoms with van der Waals surface area (Å²) >= 11 is 0. The Balaban J connectivity index is 1.98. The van der Waals surface area contributed by atoms with Crippen LogP contribution in [0.2, 0.25) is 0 Å². The van der Waals surface area contributed by atoms with E-state index in [2.05, 4.69) is 23.8 Å². The van der Waals surface area contributed by atoms with Crippen LogP contribution in [0, 0.1) is 0 Å². The van der Waals surface area contributed by atoms with E-state index in [9.17, 15) is 4.79 Å². The van der Waals surface area contributed by atoms with E-state index in [-0.39, 0.29) is 5.97 Å². The van der Waals surface area contributed by atoms with Crippen molar-refractivity contribution in [2.45, 2.75) is 97.3 Å². The second-order valence-electron chi connectivity index (χ2n) is 8.05. The lowest BCUT2D eigenvalue weighted by Gasteiger charge is -2.13. The molecule has 0 saturated carbocycles. The summed E-state index contributed by atoms with van der Waals surface area (Å²) in [7, 11) is 0. The van der Waals surface area contributed by atoms with Crippen LogP contribution in [0.4, 0.5) is 0 Å². The van der Waals surface area contributed by atoms with Crippen LogP contribution in [0.5, 0.6) is 5.75 Å². The molecule has 1 aromatic heterocycles. The summed E-state index contributed by atoms with van der Waals surface area (Å²) in [5.41, 5.74) is 2.88. The standard InChI is InChI=1S/C26H38N2O2/c1-3-5-7-9-11-12-16-22-20-27-21-28-26(22)23-17-14-15-18-24(23)30-25(29)19-13-10-8-6-4-2/h14-15,17-18,20-21H,3-13,16,19H2,1-2H3. The lowest BCUT2D eigenvalue weighted by molar-refractivity contribution is -0.134. The maximum Gasteiger partial charge on any atom is 0.311 e. The average Bonchev–Trinajstić information content (AvgIpc) is 2.77. The van der Waals surface area contributed by atoms with E-state index in [1.807, 2.05) is 30.5 Å². The van der Waals surface area contributed by atoms with E-state index >= 15 is 0 Å². The molecule has 164 valence electrons.